The van der Waals surface area contributed by atoms with E-state index in [0.29, 0.717) is 36.3 Å². The Morgan fingerprint density at radius 1 is 1.11 bits per heavy atom. The van der Waals surface area contributed by atoms with Crippen LogP contribution in [0, 0.1) is 5.92 Å². The van der Waals surface area contributed by atoms with Gasteiger partial charge in [-0.3, -0.25) is 9.59 Å². The van der Waals surface area contributed by atoms with E-state index >= 15 is 0 Å². The Kier molecular flexibility index (Phi) is 5.31. The Bertz CT molecular complexity index is 881. The van der Waals surface area contributed by atoms with E-state index in [1.165, 1.54) is 0 Å². The van der Waals surface area contributed by atoms with Gasteiger partial charge in [-0.25, -0.2) is 0 Å². The van der Waals surface area contributed by atoms with Crippen molar-refractivity contribution >= 4 is 11.6 Å². The molecule has 0 amide bonds. The maximum atomic E-state index is 13.0. The smallest absolute Gasteiger partial charge is 0.166 e. The van der Waals surface area contributed by atoms with E-state index in [1.54, 1.807) is 6.07 Å². The van der Waals surface area contributed by atoms with Gasteiger partial charge in [0.15, 0.2) is 11.6 Å². The van der Waals surface area contributed by atoms with E-state index in [-0.39, 0.29) is 29.5 Å². The van der Waals surface area contributed by atoms with Crippen molar-refractivity contribution in [2.24, 2.45) is 5.92 Å². The molecule has 2 aliphatic heterocycles. The van der Waals surface area contributed by atoms with Crippen LogP contribution in [0.15, 0.2) is 42.5 Å². The quantitative estimate of drug-likeness (QED) is 0.678. The Hall–Kier alpha value is -2.46. The standard InChI is InChI=1S/C24H26O4/c1-3-21(25)19-12-18(22(26)11-16-9-10-27-14-16)13-20-23(15(2)28-24(19)20)17-7-5-4-6-8-17/h4-8,12-13,15-16,23H,3,9-11,14H2,1-2H3/t15-,16?,23+/m1/s1. The minimum Gasteiger partial charge on any atom is -0.489 e. The molecule has 1 saturated heterocycles. The second kappa shape index (κ2) is 7.88. The topological polar surface area (TPSA) is 52.6 Å². The lowest BCUT2D eigenvalue weighted by Gasteiger charge is -2.15. The summed E-state index contributed by atoms with van der Waals surface area (Å²) in [5.74, 6) is 1.02. The lowest BCUT2D eigenvalue weighted by molar-refractivity contribution is 0.0952. The number of carbonyl (C=O) groups is 2. The molecule has 2 aliphatic rings. The second-order valence-electron chi connectivity index (χ2n) is 7.79. The van der Waals surface area contributed by atoms with Gasteiger partial charge in [-0.05, 0) is 37.0 Å². The number of carbonyl (C=O) groups excluding carboxylic acids is 2. The third-order valence-corrected chi connectivity index (χ3v) is 5.83. The predicted molar refractivity (Wildman–Crippen MR) is 107 cm³/mol. The molecular weight excluding hydrogens is 352 g/mol. The molecule has 0 radical (unpaired) electrons. The highest BCUT2D eigenvalue weighted by atomic mass is 16.5. The Morgan fingerprint density at radius 2 is 1.89 bits per heavy atom. The molecule has 0 aromatic heterocycles. The van der Waals surface area contributed by atoms with Gasteiger partial charge in [0, 0.05) is 43.1 Å². The van der Waals surface area contributed by atoms with Gasteiger partial charge in [0.2, 0.25) is 0 Å². The van der Waals surface area contributed by atoms with E-state index < -0.39 is 0 Å². The largest absolute Gasteiger partial charge is 0.489 e. The highest BCUT2D eigenvalue weighted by Gasteiger charge is 2.36. The summed E-state index contributed by atoms with van der Waals surface area (Å²) in [7, 11) is 0. The molecule has 1 unspecified atom stereocenters. The van der Waals surface area contributed by atoms with Crippen LogP contribution in [0.2, 0.25) is 0 Å². The van der Waals surface area contributed by atoms with Gasteiger partial charge in [-0.2, -0.15) is 0 Å². The molecule has 1 fully saturated rings. The summed E-state index contributed by atoms with van der Waals surface area (Å²) >= 11 is 0. The van der Waals surface area contributed by atoms with Gasteiger partial charge in [0.1, 0.15) is 11.9 Å². The minimum absolute atomic E-state index is 0.0102. The molecule has 0 saturated carbocycles. The third kappa shape index (κ3) is 3.49. The van der Waals surface area contributed by atoms with Gasteiger partial charge < -0.3 is 9.47 Å². The average Bonchev–Trinajstić information content (AvgIpc) is 3.33. The molecule has 2 heterocycles. The van der Waals surface area contributed by atoms with Crippen LogP contribution < -0.4 is 4.74 Å². The molecule has 4 nitrogen and oxygen atoms in total. The fourth-order valence-electron chi connectivity index (χ4n) is 4.31. The van der Waals surface area contributed by atoms with Gasteiger partial charge in [0.05, 0.1) is 5.56 Å². The first-order chi connectivity index (χ1) is 13.6. The van der Waals surface area contributed by atoms with Crippen molar-refractivity contribution in [3.05, 3.63) is 64.7 Å². The summed E-state index contributed by atoms with van der Waals surface area (Å²) in [5, 5.41) is 0. The van der Waals surface area contributed by atoms with Gasteiger partial charge in [-0.15, -0.1) is 0 Å². The number of hydrogen-bond acceptors (Lipinski definition) is 4. The molecule has 3 atom stereocenters. The summed E-state index contributed by atoms with van der Waals surface area (Å²) in [6.07, 6.45) is 1.68. The first kappa shape index (κ1) is 18.9. The molecule has 2 aromatic carbocycles. The molecule has 0 spiro atoms. The van der Waals surface area contributed by atoms with Crippen molar-refractivity contribution in [2.75, 3.05) is 13.2 Å². The first-order valence-electron chi connectivity index (χ1n) is 10.1. The highest BCUT2D eigenvalue weighted by Crippen LogP contribution is 2.45. The van der Waals surface area contributed by atoms with Crippen LogP contribution in [0.3, 0.4) is 0 Å². The molecule has 28 heavy (non-hydrogen) atoms. The van der Waals surface area contributed by atoms with Crippen LogP contribution in [0.25, 0.3) is 0 Å². The average molecular weight is 378 g/mol. The SMILES string of the molecule is CCC(=O)c1cc(C(=O)CC2CCOC2)cc2c1O[C@H](C)[C@H]2c1ccccc1. The van der Waals surface area contributed by atoms with Crippen molar-refractivity contribution in [1.29, 1.82) is 0 Å². The zero-order valence-corrected chi connectivity index (χ0v) is 16.4. The number of ketones is 2. The first-order valence-corrected chi connectivity index (χ1v) is 10.1. The number of Topliss-reactive ketones (excluding diaryl/α,β-unsaturated/α-hetero) is 2. The number of rotatable bonds is 6. The van der Waals surface area contributed by atoms with E-state index in [9.17, 15) is 9.59 Å². The second-order valence-corrected chi connectivity index (χ2v) is 7.79. The van der Waals surface area contributed by atoms with Crippen LogP contribution >= 0.6 is 0 Å². The van der Waals surface area contributed by atoms with Crippen LogP contribution in [0.1, 0.15) is 70.9 Å². The van der Waals surface area contributed by atoms with Gasteiger partial charge in [-0.1, -0.05) is 37.3 Å². The van der Waals surface area contributed by atoms with E-state index in [4.69, 9.17) is 9.47 Å². The number of fused-ring (bicyclic) bond motifs is 1. The summed E-state index contributed by atoms with van der Waals surface area (Å²) < 4.78 is 11.6. The maximum Gasteiger partial charge on any atom is 0.166 e. The lowest BCUT2D eigenvalue weighted by Crippen LogP contribution is -2.15. The summed E-state index contributed by atoms with van der Waals surface area (Å²) in [6.45, 7) is 5.23. The summed E-state index contributed by atoms with van der Waals surface area (Å²) in [4.78, 5) is 25.6. The Balaban J connectivity index is 1.76. The molecule has 0 N–H and O–H groups in total. The zero-order valence-electron chi connectivity index (χ0n) is 16.4. The Labute approximate surface area is 165 Å². The summed E-state index contributed by atoms with van der Waals surface area (Å²) in [5.41, 5.74) is 3.24. The molecular formula is C24H26O4. The van der Waals surface area contributed by atoms with Gasteiger partial charge in [0.25, 0.3) is 0 Å². The Morgan fingerprint density at radius 3 is 2.57 bits per heavy atom. The fraction of sp³-hybridized carbons (Fsp3) is 0.417. The molecule has 4 heteroatoms. The monoisotopic (exact) mass is 378 g/mol. The van der Waals surface area contributed by atoms with Crippen LogP contribution in [0.4, 0.5) is 0 Å². The molecule has 0 bridgehead atoms. The maximum absolute atomic E-state index is 13.0. The normalized spacial score (nSPS) is 23.3. The van der Waals surface area contributed by atoms with Crippen molar-refractivity contribution < 1.29 is 19.1 Å². The fourth-order valence-corrected chi connectivity index (χ4v) is 4.31. The lowest BCUT2D eigenvalue weighted by atomic mass is 9.85. The molecule has 146 valence electrons. The highest BCUT2D eigenvalue weighted by molar-refractivity contribution is 6.04. The van der Waals surface area contributed by atoms with Crippen LogP contribution in [-0.4, -0.2) is 30.9 Å². The molecule has 0 aliphatic carbocycles. The number of hydrogen-bond donors (Lipinski definition) is 0. The van der Waals surface area contributed by atoms with Crippen molar-refractivity contribution in [3.63, 3.8) is 0 Å². The summed E-state index contributed by atoms with van der Waals surface area (Å²) in [6, 6.07) is 13.8. The third-order valence-electron chi connectivity index (χ3n) is 5.83. The number of ether oxygens (including phenoxy) is 2. The minimum atomic E-state index is -0.0885. The van der Waals surface area contributed by atoms with Gasteiger partial charge >= 0.3 is 0 Å². The van der Waals surface area contributed by atoms with E-state index in [0.717, 1.165) is 24.2 Å². The van der Waals surface area contributed by atoms with E-state index in [1.807, 2.05) is 38.1 Å². The van der Waals surface area contributed by atoms with E-state index in [2.05, 4.69) is 12.1 Å². The zero-order chi connectivity index (χ0) is 19.7. The molecule has 2 aromatic rings. The predicted octanol–water partition coefficient (Wildman–Crippen LogP) is 4.80. The van der Waals surface area contributed by atoms with Crippen LogP contribution in [-0.2, 0) is 4.74 Å². The van der Waals surface area contributed by atoms with Crippen molar-refractivity contribution in [1.82, 2.24) is 0 Å². The van der Waals surface area contributed by atoms with Crippen molar-refractivity contribution in [3.8, 4) is 5.75 Å². The van der Waals surface area contributed by atoms with Crippen molar-refractivity contribution in [2.45, 2.75) is 45.1 Å². The molecule has 4 rings (SSSR count). The van der Waals surface area contributed by atoms with Crippen LogP contribution in [0.5, 0.6) is 5.75 Å². The number of benzene rings is 2.